The normalized spacial score (nSPS) is 3.33. The Morgan fingerprint density at radius 3 is 0.667 bits per heavy atom. The molecule has 0 bridgehead atoms. The third-order valence-corrected chi connectivity index (χ3v) is 0.500. The van der Waals surface area contributed by atoms with E-state index in [9.17, 15) is 0 Å². The standard InChI is InChI=1S/C4H10.5FH/c1-3-4-2;;;;;/h3-4H2,1-2H3;5*1H. The van der Waals surface area contributed by atoms with Crippen molar-refractivity contribution in [2.45, 2.75) is 26.7 Å². The molecular weight excluding hydrogens is 143 g/mol. The molecule has 0 aliphatic rings. The van der Waals surface area contributed by atoms with E-state index in [1.54, 1.807) is 0 Å². The van der Waals surface area contributed by atoms with E-state index in [1.807, 2.05) is 0 Å². The molecule has 0 fully saturated rings. The molecule has 0 aliphatic carbocycles. The van der Waals surface area contributed by atoms with Crippen LogP contribution in [0.4, 0.5) is 23.5 Å². The van der Waals surface area contributed by atoms with Crippen LogP contribution in [0.5, 0.6) is 0 Å². The van der Waals surface area contributed by atoms with Gasteiger partial charge in [0.25, 0.3) is 0 Å². The SMILES string of the molecule is CCCC.F.F.F.F.F. The maximum Gasteiger partial charge on any atom is -0.0564 e. The smallest absolute Gasteiger partial charge is 0.0564 e. The van der Waals surface area contributed by atoms with E-state index in [4.69, 9.17) is 0 Å². The Kier molecular flexibility index (Phi) is 995. The first-order valence-corrected chi connectivity index (χ1v) is 1.91. The summed E-state index contributed by atoms with van der Waals surface area (Å²) >= 11 is 0. The molecule has 0 N–H and O–H groups in total. The highest BCUT2D eigenvalue weighted by molar-refractivity contribution is 4.12. The van der Waals surface area contributed by atoms with Crippen molar-refractivity contribution >= 4 is 0 Å². The minimum atomic E-state index is 0. The Morgan fingerprint density at radius 1 is 0.556 bits per heavy atom. The van der Waals surface area contributed by atoms with E-state index in [-0.39, 0.29) is 23.5 Å². The van der Waals surface area contributed by atoms with Gasteiger partial charge in [-0.3, -0.25) is 23.5 Å². The zero-order valence-corrected chi connectivity index (χ0v) is 5.46. The van der Waals surface area contributed by atoms with Gasteiger partial charge in [-0.15, -0.1) is 0 Å². The van der Waals surface area contributed by atoms with Crippen LogP contribution in [0.2, 0.25) is 0 Å². The Bertz CT molecular complexity index is 10.9. The fourth-order valence-corrected chi connectivity index (χ4v) is 0. The summed E-state index contributed by atoms with van der Waals surface area (Å²) in [6, 6.07) is 0. The molecule has 0 radical (unpaired) electrons. The molecule has 0 unspecified atom stereocenters. The molecule has 0 saturated heterocycles. The largest absolute Gasteiger partial charge is 0.269 e. The highest BCUT2D eigenvalue weighted by atomic mass is 19.0. The molecule has 0 atom stereocenters. The minimum Gasteiger partial charge on any atom is -0.269 e. The van der Waals surface area contributed by atoms with Crippen LogP contribution in [-0.2, 0) is 0 Å². The van der Waals surface area contributed by atoms with Gasteiger partial charge in [-0.1, -0.05) is 26.7 Å². The van der Waals surface area contributed by atoms with E-state index in [0.29, 0.717) is 0 Å². The predicted molar refractivity (Wildman–Crippen MR) is 33.1 cm³/mol. The van der Waals surface area contributed by atoms with Crippen molar-refractivity contribution in [1.82, 2.24) is 0 Å². The molecule has 0 amide bonds. The average Bonchev–Trinajstić information content (AvgIpc) is 1.37. The molecule has 0 nitrogen and oxygen atoms in total. The first kappa shape index (κ1) is 72.1. The predicted octanol–water partition coefficient (Wildman–Crippen LogP) is 2.57. The Morgan fingerprint density at radius 2 is 0.667 bits per heavy atom. The monoisotopic (exact) mass is 158 g/mol. The molecule has 66 valence electrons. The summed E-state index contributed by atoms with van der Waals surface area (Å²) in [6.07, 6.45) is 2.64. The zero-order chi connectivity index (χ0) is 3.41. The second-order valence-corrected chi connectivity index (χ2v) is 1.000. The van der Waals surface area contributed by atoms with Gasteiger partial charge in [-0.2, -0.15) is 0 Å². The van der Waals surface area contributed by atoms with Gasteiger partial charge in [0.15, 0.2) is 0 Å². The van der Waals surface area contributed by atoms with Gasteiger partial charge >= 0.3 is 0 Å². The topological polar surface area (TPSA) is 0 Å². The average molecular weight is 158 g/mol. The van der Waals surface area contributed by atoms with Crippen LogP contribution in [0.25, 0.3) is 0 Å². The highest BCUT2D eigenvalue weighted by Crippen LogP contribution is 1.76. The van der Waals surface area contributed by atoms with Gasteiger partial charge in [-0.25, -0.2) is 0 Å². The maximum absolute atomic E-state index is 2.18. The molecule has 0 aromatic rings. The van der Waals surface area contributed by atoms with Crippen LogP contribution in [0.15, 0.2) is 0 Å². The van der Waals surface area contributed by atoms with Crippen LogP contribution >= 0.6 is 0 Å². The van der Waals surface area contributed by atoms with Gasteiger partial charge in [-0.05, 0) is 0 Å². The number of hydrogen-bond acceptors (Lipinski definition) is 0. The van der Waals surface area contributed by atoms with Gasteiger partial charge < -0.3 is 0 Å². The Balaban J connectivity index is -0.00000000450. The summed E-state index contributed by atoms with van der Waals surface area (Å²) in [7, 11) is 0. The summed E-state index contributed by atoms with van der Waals surface area (Å²) in [5, 5.41) is 0. The van der Waals surface area contributed by atoms with Crippen molar-refractivity contribution in [3.05, 3.63) is 0 Å². The lowest BCUT2D eigenvalue weighted by atomic mass is 10.4. The van der Waals surface area contributed by atoms with Gasteiger partial charge in [0, 0.05) is 0 Å². The third-order valence-electron chi connectivity index (χ3n) is 0.500. The first-order chi connectivity index (χ1) is 1.91. The second-order valence-electron chi connectivity index (χ2n) is 1.000. The maximum atomic E-state index is 2.18. The van der Waals surface area contributed by atoms with Crippen LogP contribution in [0.1, 0.15) is 26.7 Å². The van der Waals surface area contributed by atoms with Crippen molar-refractivity contribution in [3.8, 4) is 0 Å². The van der Waals surface area contributed by atoms with Crippen molar-refractivity contribution in [3.63, 3.8) is 0 Å². The summed E-state index contributed by atoms with van der Waals surface area (Å²) in [4.78, 5) is 0. The summed E-state index contributed by atoms with van der Waals surface area (Å²) in [6.45, 7) is 4.36. The highest BCUT2D eigenvalue weighted by Gasteiger charge is 1.56. The molecular formula is C4H15F5. The first-order valence-electron chi connectivity index (χ1n) is 1.91. The number of rotatable bonds is 1. The second kappa shape index (κ2) is 124. The zero-order valence-electron chi connectivity index (χ0n) is 5.46. The lowest BCUT2D eigenvalue weighted by molar-refractivity contribution is 0.886. The van der Waals surface area contributed by atoms with E-state index < -0.39 is 0 Å². The minimum absolute atomic E-state index is 0. The number of halogens is 5. The van der Waals surface area contributed by atoms with Gasteiger partial charge in [0.05, 0.1) is 0 Å². The third kappa shape index (κ3) is 578. The van der Waals surface area contributed by atoms with E-state index in [0.717, 1.165) is 0 Å². The molecule has 9 heavy (non-hydrogen) atoms. The quantitative estimate of drug-likeness (QED) is 0.514. The van der Waals surface area contributed by atoms with Crippen LogP contribution in [0, 0.1) is 0 Å². The molecule has 0 aromatic carbocycles. The Hall–Kier alpha value is -0.350. The number of hydrogen-bond donors (Lipinski definition) is 0. The molecule has 0 rings (SSSR count). The summed E-state index contributed by atoms with van der Waals surface area (Å²) in [5.41, 5.74) is 0. The van der Waals surface area contributed by atoms with Crippen molar-refractivity contribution < 1.29 is 23.5 Å². The van der Waals surface area contributed by atoms with Gasteiger partial charge in [0.2, 0.25) is 0 Å². The molecule has 0 aliphatic heterocycles. The molecule has 0 heterocycles. The molecule has 0 spiro atoms. The van der Waals surface area contributed by atoms with E-state index >= 15 is 0 Å². The number of unbranched alkanes of at least 4 members (excludes halogenated alkanes) is 1. The van der Waals surface area contributed by atoms with Crippen LogP contribution in [-0.4, -0.2) is 0 Å². The van der Waals surface area contributed by atoms with Crippen molar-refractivity contribution in [1.29, 1.82) is 0 Å². The van der Waals surface area contributed by atoms with Gasteiger partial charge in [0.1, 0.15) is 0 Å². The summed E-state index contributed by atoms with van der Waals surface area (Å²) < 4.78 is 0. The molecule has 0 saturated carbocycles. The fraction of sp³-hybridized carbons (Fsp3) is 1.00. The van der Waals surface area contributed by atoms with Crippen molar-refractivity contribution in [2.75, 3.05) is 0 Å². The lowest BCUT2D eigenvalue weighted by Crippen LogP contribution is -1.47. The van der Waals surface area contributed by atoms with Crippen LogP contribution in [0.3, 0.4) is 0 Å². The summed E-state index contributed by atoms with van der Waals surface area (Å²) in [5.74, 6) is 0. The fourth-order valence-electron chi connectivity index (χ4n) is 0. The van der Waals surface area contributed by atoms with E-state index in [2.05, 4.69) is 13.8 Å². The lowest BCUT2D eigenvalue weighted by Gasteiger charge is -1.68. The molecule has 0 aromatic heterocycles. The van der Waals surface area contributed by atoms with Crippen LogP contribution < -0.4 is 0 Å². The molecule has 5 heteroatoms. The van der Waals surface area contributed by atoms with Crippen molar-refractivity contribution in [2.24, 2.45) is 0 Å². The van der Waals surface area contributed by atoms with E-state index in [1.165, 1.54) is 12.8 Å². The Labute approximate surface area is 51.5 Å².